The number of benzene rings is 2. The van der Waals surface area contributed by atoms with Gasteiger partial charge < -0.3 is 14.7 Å². The van der Waals surface area contributed by atoms with Gasteiger partial charge in [0.2, 0.25) is 11.8 Å². The second-order valence-electron chi connectivity index (χ2n) is 7.02. The SMILES string of the molecule is CC(=O)N(CCc1ccccc1)CC(=O)N1CCN(c2cccc(Cl)c2)CC1. The van der Waals surface area contributed by atoms with Gasteiger partial charge in [0.1, 0.15) is 0 Å². The Morgan fingerprint density at radius 3 is 2.36 bits per heavy atom. The average Bonchev–Trinajstić information content (AvgIpc) is 2.71. The Morgan fingerprint density at radius 1 is 1.00 bits per heavy atom. The summed E-state index contributed by atoms with van der Waals surface area (Å²) in [6.07, 6.45) is 0.746. The minimum Gasteiger partial charge on any atom is -0.368 e. The van der Waals surface area contributed by atoms with Gasteiger partial charge in [-0.05, 0) is 30.2 Å². The first-order valence-corrected chi connectivity index (χ1v) is 9.98. The Balaban J connectivity index is 1.51. The highest BCUT2D eigenvalue weighted by atomic mass is 35.5. The van der Waals surface area contributed by atoms with E-state index < -0.39 is 0 Å². The first-order chi connectivity index (χ1) is 13.5. The van der Waals surface area contributed by atoms with Crippen LogP contribution in [0.15, 0.2) is 54.6 Å². The van der Waals surface area contributed by atoms with E-state index in [1.54, 1.807) is 4.90 Å². The van der Waals surface area contributed by atoms with E-state index >= 15 is 0 Å². The molecule has 2 amide bonds. The summed E-state index contributed by atoms with van der Waals surface area (Å²) in [6, 6.07) is 17.8. The van der Waals surface area contributed by atoms with Gasteiger partial charge in [-0.3, -0.25) is 9.59 Å². The standard InChI is InChI=1S/C22H26ClN3O2/c1-18(27)26(11-10-19-6-3-2-4-7-19)17-22(28)25-14-12-24(13-15-25)21-9-5-8-20(23)16-21/h2-9,16H,10-15,17H2,1H3. The van der Waals surface area contributed by atoms with Crippen molar-refractivity contribution in [3.05, 3.63) is 65.2 Å². The second kappa shape index (κ2) is 9.60. The molecule has 3 rings (SSSR count). The zero-order valence-corrected chi connectivity index (χ0v) is 16.9. The summed E-state index contributed by atoms with van der Waals surface area (Å²) in [5, 5.41) is 0.714. The van der Waals surface area contributed by atoms with Crippen molar-refractivity contribution >= 4 is 29.1 Å². The molecule has 0 saturated carbocycles. The minimum atomic E-state index is -0.0677. The third-order valence-electron chi connectivity index (χ3n) is 5.09. The number of hydrogen-bond acceptors (Lipinski definition) is 3. The molecule has 0 unspecified atom stereocenters. The minimum absolute atomic E-state index is 0.00834. The molecule has 0 N–H and O–H groups in total. The predicted molar refractivity (Wildman–Crippen MR) is 113 cm³/mol. The lowest BCUT2D eigenvalue weighted by Crippen LogP contribution is -2.52. The molecule has 148 valence electrons. The summed E-state index contributed by atoms with van der Waals surface area (Å²) < 4.78 is 0. The van der Waals surface area contributed by atoms with Crippen LogP contribution in [0.4, 0.5) is 5.69 Å². The van der Waals surface area contributed by atoms with Crippen molar-refractivity contribution < 1.29 is 9.59 Å². The van der Waals surface area contributed by atoms with Crippen molar-refractivity contribution in [3.63, 3.8) is 0 Å². The maximum atomic E-state index is 12.7. The van der Waals surface area contributed by atoms with Gasteiger partial charge in [0.25, 0.3) is 0 Å². The number of carbonyl (C=O) groups is 2. The maximum absolute atomic E-state index is 12.7. The molecule has 28 heavy (non-hydrogen) atoms. The van der Waals surface area contributed by atoms with Crippen LogP contribution in [0, 0.1) is 0 Å². The molecule has 0 spiro atoms. The van der Waals surface area contributed by atoms with Gasteiger partial charge >= 0.3 is 0 Å². The number of rotatable bonds is 6. The van der Waals surface area contributed by atoms with Crippen molar-refractivity contribution in [3.8, 4) is 0 Å². The van der Waals surface area contributed by atoms with Crippen molar-refractivity contribution in [1.82, 2.24) is 9.80 Å². The molecular weight excluding hydrogens is 374 g/mol. The van der Waals surface area contributed by atoms with Crippen LogP contribution in [0.1, 0.15) is 12.5 Å². The van der Waals surface area contributed by atoms with E-state index in [0.717, 1.165) is 30.8 Å². The molecule has 0 atom stereocenters. The monoisotopic (exact) mass is 399 g/mol. The molecule has 5 nitrogen and oxygen atoms in total. The number of hydrogen-bond donors (Lipinski definition) is 0. The van der Waals surface area contributed by atoms with E-state index in [0.29, 0.717) is 24.7 Å². The summed E-state index contributed by atoms with van der Waals surface area (Å²) in [5.41, 5.74) is 2.24. The molecular formula is C22H26ClN3O2. The van der Waals surface area contributed by atoms with Crippen LogP contribution in [-0.4, -0.2) is 60.9 Å². The summed E-state index contributed by atoms with van der Waals surface area (Å²) >= 11 is 6.08. The Bertz CT molecular complexity index is 804. The first kappa shape index (κ1) is 20.2. The van der Waals surface area contributed by atoms with Gasteiger partial charge in [0, 0.05) is 50.4 Å². The summed E-state index contributed by atoms with van der Waals surface area (Å²) in [4.78, 5) is 30.4. The lowest BCUT2D eigenvalue weighted by Gasteiger charge is -2.37. The molecule has 0 bridgehead atoms. The van der Waals surface area contributed by atoms with Gasteiger partial charge in [0.15, 0.2) is 0 Å². The van der Waals surface area contributed by atoms with Crippen molar-refractivity contribution in [2.75, 3.05) is 44.2 Å². The third-order valence-corrected chi connectivity index (χ3v) is 5.33. The Morgan fingerprint density at radius 2 is 1.71 bits per heavy atom. The largest absolute Gasteiger partial charge is 0.368 e. The van der Waals surface area contributed by atoms with Gasteiger partial charge in [-0.15, -0.1) is 0 Å². The third kappa shape index (κ3) is 5.49. The normalized spacial score (nSPS) is 14.1. The van der Waals surface area contributed by atoms with E-state index in [1.165, 1.54) is 6.92 Å². The van der Waals surface area contributed by atoms with Crippen molar-refractivity contribution in [2.45, 2.75) is 13.3 Å². The number of nitrogens with zero attached hydrogens (tertiary/aromatic N) is 3. The molecule has 1 fully saturated rings. The highest BCUT2D eigenvalue weighted by Gasteiger charge is 2.23. The molecule has 1 aliphatic heterocycles. The van der Waals surface area contributed by atoms with Gasteiger partial charge in [-0.2, -0.15) is 0 Å². The van der Waals surface area contributed by atoms with E-state index in [2.05, 4.69) is 4.90 Å². The number of carbonyl (C=O) groups excluding carboxylic acids is 2. The molecule has 0 aromatic heterocycles. The smallest absolute Gasteiger partial charge is 0.242 e. The van der Waals surface area contributed by atoms with E-state index in [9.17, 15) is 9.59 Å². The molecule has 0 radical (unpaired) electrons. The highest BCUT2D eigenvalue weighted by Crippen LogP contribution is 2.20. The van der Waals surface area contributed by atoms with Gasteiger partial charge in [-0.1, -0.05) is 48.0 Å². The van der Waals surface area contributed by atoms with Gasteiger partial charge in [0.05, 0.1) is 6.54 Å². The summed E-state index contributed by atoms with van der Waals surface area (Å²) in [6.45, 7) is 5.03. The highest BCUT2D eigenvalue weighted by molar-refractivity contribution is 6.30. The van der Waals surface area contributed by atoms with E-state index in [-0.39, 0.29) is 18.4 Å². The Labute approximate surface area is 171 Å². The fourth-order valence-electron chi connectivity index (χ4n) is 3.41. The van der Waals surface area contributed by atoms with Gasteiger partial charge in [-0.25, -0.2) is 0 Å². The lowest BCUT2D eigenvalue weighted by molar-refractivity contribution is -0.139. The Kier molecular flexibility index (Phi) is 6.93. The number of halogens is 1. The quantitative estimate of drug-likeness (QED) is 0.749. The van der Waals surface area contributed by atoms with E-state index in [1.807, 2.05) is 59.5 Å². The molecule has 6 heteroatoms. The molecule has 0 aliphatic carbocycles. The second-order valence-corrected chi connectivity index (χ2v) is 7.46. The van der Waals surface area contributed by atoms with Crippen LogP contribution in [0.2, 0.25) is 5.02 Å². The van der Waals surface area contributed by atoms with Crippen LogP contribution in [-0.2, 0) is 16.0 Å². The lowest BCUT2D eigenvalue weighted by atomic mass is 10.1. The van der Waals surface area contributed by atoms with Crippen LogP contribution in [0.25, 0.3) is 0 Å². The van der Waals surface area contributed by atoms with Crippen LogP contribution < -0.4 is 4.90 Å². The maximum Gasteiger partial charge on any atom is 0.242 e. The van der Waals surface area contributed by atoms with E-state index in [4.69, 9.17) is 11.6 Å². The number of piperazine rings is 1. The average molecular weight is 400 g/mol. The zero-order chi connectivity index (χ0) is 19.9. The van der Waals surface area contributed by atoms with Crippen LogP contribution in [0.5, 0.6) is 0 Å². The number of anilines is 1. The molecule has 2 aromatic carbocycles. The summed E-state index contributed by atoms with van der Waals surface area (Å²) in [7, 11) is 0. The van der Waals surface area contributed by atoms with Crippen molar-refractivity contribution in [1.29, 1.82) is 0 Å². The van der Waals surface area contributed by atoms with Crippen LogP contribution >= 0.6 is 11.6 Å². The molecule has 1 aliphatic rings. The summed E-state index contributed by atoms with van der Waals surface area (Å²) in [5.74, 6) is -0.0594. The molecule has 1 saturated heterocycles. The number of amides is 2. The molecule has 2 aromatic rings. The predicted octanol–water partition coefficient (Wildman–Crippen LogP) is 3.08. The first-order valence-electron chi connectivity index (χ1n) is 9.60. The fourth-order valence-corrected chi connectivity index (χ4v) is 3.59. The van der Waals surface area contributed by atoms with Crippen LogP contribution in [0.3, 0.4) is 0 Å². The van der Waals surface area contributed by atoms with Crippen molar-refractivity contribution in [2.24, 2.45) is 0 Å². The Hall–Kier alpha value is -2.53. The topological polar surface area (TPSA) is 43.9 Å². The zero-order valence-electron chi connectivity index (χ0n) is 16.2. The molecule has 1 heterocycles. The fraction of sp³-hybridized carbons (Fsp3) is 0.364.